The average Bonchev–Trinajstić information content (AvgIpc) is 2.71. The first-order valence-electron chi connectivity index (χ1n) is 4.05. The summed E-state index contributed by atoms with van der Waals surface area (Å²) in [6, 6.07) is 3.65. The maximum atomic E-state index is 5.20. The van der Waals surface area contributed by atoms with Gasteiger partial charge in [0.25, 0.3) is 0 Å². The Morgan fingerprint density at radius 1 is 1.50 bits per heavy atom. The van der Waals surface area contributed by atoms with Crippen molar-refractivity contribution in [2.45, 2.75) is 0 Å². The van der Waals surface area contributed by atoms with Gasteiger partial charge < -0.3 is 9.73 Å². The molecule has 72 valence electrons. The minimum Gasteiger partial charge on any atom is -0.461 e. The normalized spacial score (nSPS) is 10.1. The Balaban J connectivity index is 2.46. The largest absolute Gasteiger partial charge is 0.461 e. The molecule has 0 atom stereocenters. The molecular weight excluding hydrogens is 293 g/mol. The zero-order valence-electron chi connectivity index (χ0n) is 7.49. The molecule has 0 aliphatic carbocycles. The molecule has 0 fully saturated rings. The molecule has 0 amide bonds. The molecule has 0 aliphatic heterocycles. The van der Waals surface area contributed by atoms with Gasteiger partial charge in [-0.15, -0.1) is 0 Å². The summed E-state index contributed by atoms with van der Waals surface area (Å²) in [6.07, 6.45) is 3.37. The lowest BCUT2D eigenvalue weighted by molar-refractivity contribution is 0.577. The van der Waals surface area contributed by atoms with Crippen LogP contribution in [0.5, 0.6) is 0 Å². The smallest absolute Gasteiger partial charge is 0.197 e. The molecule has 2 aromatic rings. The zero-order chi connectivity index (χ0) is 9.97. The summed E-state index contributed by atoms with van der Waals surface area (Å²) in [4.78, 5) is 8.49. The number of aromatic nitrogens is 2. The lowest BCUT2D eigenvalue weighted by Gasteiger charge is -2.02. The Labute approximate surface area is 94.9 Å². The minimum absolute atomic E-state index is 0.597. The van der Waals surface area contributed by atoms with Crippen molar-refractivity contribution in [1.82, 2.24) is 9.97 Å². The van der Waals surface area contributed by atoms with Crippen LogP contribution < -0.4 is 5.32 Å². The number of furan rings is 1. The number of nitrogens with one attached hydrogen (secondary N) is 1. The Bertz CT molecular complexity index is 428. The fraction of sp³-hybridized carbons (Fsp3) is 0.111. The monoisotopic (exact) mass is 301 g/mol. The number of anilines is 1. The maximum Gasteiger partial charge on any atom is 0.197 e. The first-order chi connectivity index (χ1) is 6.81. The zero-order valence-corrected chi connectivity index (χ0v) is 9.65. The van der Waals surface area contributed by atoms with Gasteiger partial charge in [0.05, 0.1) is 9.83 Å². The van der Waals surface area contributed by atoms with Gasteiger partial charge >= 0.3 is 0 Å². The number of nitrogens with zero attached hydrogens (tertiary/aromatic N) is 2. The van der Waals surface area contributed by atoms with Crippen molar-refractivity contribution in [2.24, 2.45) is 0 Å². The van der Waals surface area contributed by atoms with Crippen molar-refractivity contribution in [3.8, 4) is 11.6 Å². The minimum atomic E-state index is 0.597. The van der Waals surface area contributed by atoms with Crippen LogP contribution in [0, 0.1) is 3.57 Å². The second-order valence-corrected chi connectivity index (χ2v) is 3.78. The van der Waals surface area contributed by atoms with Crippen LogP contribution in [0.1, 0.15) is 0 Å². The topological polar surface area (TPSA) is 51.0 Å². The second kappa shape index (κ2) is 3.95. The summed E-state index contributed by atoms with van der Waals surface area (Å²) >= 11 is 2.18. The van der Waals surface area contributed by atoms with Crippen LogP contribution in [-0.4, -0.2) is 17.0 Å². The Morgan fingerprint density at radius 2 is 2.36 bits per heavy atom. The van der Waals surface area contributed by atoms with Gasteiger partial charge in [-0.1, -0.05) is 0 Å². The SMILES string of the molecule is CNc1nc(-c2ccco2)ncc1I. The quantitative estimate of drug-likeness (QED) is 0.865. The van der Waals surface area contributed by atoms with E-state index in [2.05, 4.69) is 37.9 Å². The van der Waals surface area contributed by atoms with E-state index < -0.39 is 0 Å². The van der Waals surface area contributed by atoms with E-state index in [-0.39, 0.29) is 0 Å². The van der Waals surface area contributed by atoms with Crippen LogP contribution in [0.2, 0.25) is 0 Å². The van der Waals surface area contributed by atoms with Gasteiger partial charge in [0.2, 0.25) is 0 Å². The average molecular weight is 301 g/mol. The molecule has 2 heterocycles. The molecule has 0 saturated heterocycles. The Morgan fingerprint density at radius 3 is 3.00 bits per heavy atom. The third-order valence-electron chi connectivity index (χ3n) is 1.72. The summed E-state index contributed by atoms with van der Waals surface area (Å²) in [6.45, 7) is 0. The van der Waals surface area contributed by atoms with E-state index in [0.717, 1.165) is 9.39 Å². The van der Waals surface area contributed by atoms with Crippen LogP contribution in [0.15, 0.2) is 29.0 Å². The molecule has 0 saturated carbocycles. The number of halogens is 1. The predicted molar refractivity (Wildman–Crippen MR) is 62.0 cm³/mol. The molecule has 5 heteroatoms. The van der Waals surface area contributed by atoms with E-state index in [1.807, 2.05) is 19.2 Å². The van der Waals surface area contributed by atoms with Crippen molar-refractivity contribution >= 4 is 28.4 Å². The lowest BCUT2D eigenvalue weighted by atomic mass is 10.4. The van der Waals surface area contributed by atoms with E-state index in [1.165, 1.54) is 0 Å². The molecule has 0 aromatic carbocycles. The third-order valence-corrected chi connectivity index (χ3v) is 2.51. The van der Waals surface area contributed by atoms with Gasteiger partial charge in [0, 0.05) is 13.2 Å². The Kier molecular flexibility index (Phi) is 2.67. The van der Waals surface area contributed by atoms with E-state index in [0.29, 0.717) is 11.6 Å². The maximum absolute atomic E-state index is 5.20. The Hall–Kier alpha value is -1.11. The van der Waals surface area contributed by atoms with Crippen molar-refractivity contribution in [2.75, 3.05) is 12.4 Å². The van der Waals surface area contributed by atoms with Crippen LogP contribution in [0.4, 0.5) is 5.82 Å². The highest BCUT2D eigenvalue weighted by molar-refractivity contribution is 14.1. The van der Waals surface area contributed by atoms with Crippen molar-refractivity contribution in [3.63, 3.8) is 0 Å². The molecular formula is C9H8IN3O. The molecule has 0 bridgehead atoms. The fourth-order valence-corrected chi connectivity index (χ4v) is 1.60. The molecule has 0 radical (unpaired) electrons. The lowest BCUT2D eigenvalue weighted by Crippen LogP contribution is -1.98. The van der Waals surface area contributed by atoms with Gasteiger partial charge in [-0.3, -0.25) is 0 Å². The molecule has 0 aliphatic rings. The second-order valence-electron chi connectivity index (χ2n) is 2.62. The van der Waals surface area contributed by atoms with Crippen LogP contribution in [0.3, 0.4) is 0 Å². The van der Waals surface area contributed by atoms with Gasteiger partial charge in [-0.05, 0) is 34.7 Å². The third kappa shape index (κ3) is 1.72. The van der Waals surface area contributed by atoms with E-state index in [1.54, 1.807) is 12.5 Å². The van der Waals surface area contributed by atoms with Crippen molar-refractivity contribution < 1.29 is 4.42 Å². The van der Waals surface area contributed by atoms with Gasteiger partial charge in [0.1, 0.15) is 5.82 Å². The highest BCUT2D eigenvalue weighted by Crippen LogP contribution is 2.20. The molecule has 4 nitrogen and oxygen atoms in total. The van der Waals surface area contributed by atoms with Crippen LogP contribution in [-0.2, 0) is 0 Å². The van der Waals surface area contributed by atoms with Crippen molar-refractivity contribution in [3.05, 3.63) is 28.2 Å². The standard InChI is InChI=1S/C9H8IN3O/c1-11-8-6(10)5-12-9(13-8)7-3-2-4-14-7/h2-5H,1H3,(H,11,12,13). The summed E-state index contributed by atoms with van der Waals surface area (Å²) < 4.78 is 6.19. The highest BCUT2D eigenvalue weighted by atomic mass is 127. The van der Waals surface area contributed by atoms with Gasteiger partial charge in [-0.25, -0.2) is 9.97 Å². The molecule has 1 N–H and O–H groups in total. The first kappa shape index (κ1) is 9.45. The molecule has 0 unspecified atom stereocenters. The summed E-state index contributed by atoms with van der Waals surface area (Å²) in [5.41, 5.74) is 0. The molecule has 2 rings (SSSR count). The molecule has 2 aromatic heterocycles. The predicted octanol–water partition coefficient (Wildman–Crippen LogP) is 2.38. The number of rotatable bonds is 2. The van der Waals surface area contributed by atoms with Gasteiger partial charge in [0.15, 0.2) is 11.6 Å². The van der Waals surface area contributed by atoms with Crippen LogP contribution in [0.25, 0.3) is 11.6 Å². The van der Waals surface area contributed by atoms with Crippen LogP contribution >= 0.6 is 22.6 Å². The summed E-state index contributed by atoms with van der Waals surface area (Å²) in [7, 11) is 1.83. The summed E-state index contributed by atoms with van der Waals surface area (Å²) in [5.74, 6) is 2.09. The number of hydrogen-bond acceptors (Lipinski definition) is 4. The number of hydrogen-bond donors (Lipinski definition) is 1. The highest BCUT2D eigenvalue weighted by Gasteiger charge is 2.07. The van der Waals surface area contributed by atoms with E-state index >= 15 is 0 Å². The van der Waals surface area contributed by atoms with E-state index in [9.17, 15) is 0 Å². The molecule has 14 heavy (non-hydrogen) atoms. The van der Waals surface area contributed by atoms with Gasteiger partial charge in [-0.2, -0.15) is 0 Å². The fourth-order valence-electron chi connectivity index (χ4n) is 1.07. The summed E-state index contributed by atoms with van der Waals surface area (Å²) in [5, 5.41) is 3.00. The van der Waals surface area contributed by atoms with E-state index in [4.69, 9.17) is 4.42 Å². The van der Waals surface area contributed by atoms with Crippen molar-refractivity contribution in [1.29, 1.82) is 0 Å². The first-order valence-corrected chi connectivity index (χ1v) is 5.13. The molecule has 0 spiro atoms.